The first-order valence-electron chi connectivity index (χ1n) is 3.09. The molecule has 1 aromatic heterocycles. The van der Waals surface area contributed by atoms with Crippen molar-refractivity contribution in [2.24, 2.45) is 0 Å². The van der Waals surface area contributed by atoms with Gasteiger partial charge in [0.25, 0.3) is 0 Å². The van der Waals surface area contributed by atoms with Crippen molar-refractivity contribution in [3.8, 4) is 0 Å². The Labute approximate surface area is 82.5 Å². The zero-order valence-corrected chi connectivity index (χ0v) is 8.26. The molecule has 0 aliphatic rings. The Bertz CT molecular complexity index is 316. The van der Waals surface area contributed by atoms with E-state index < -0.39 is 5.97 Å². The molecule has 0 aliphatic carbocycles. The van der Waals surface area contributed by atoms with Crippen molar-refractivity contribution in [3.05, 3.63) is 28.5 Å². The maximum Gasteiger partial charge on any atom is 0.337 e. The highest BCUT2D eigenvalue weighted by molar-refractivity contribution is 9.08. The van der Waals surface area contributed by atoms with Gasteiger partial charge in [-0.15, -0.1) is 0 Å². The van der Waals surface area contributed by atoms with Crippen LogP contribution >= 0.6 is 27.5 Å². The number of carboxylic acids is 1. The van der Waals surface area contributed by atoms with E-state index in [-0.39, 0.29) is 5.56 Å². The Balaban J connectivity index is 3.21. The average Bonchev–Trinajstić information content (AvgIpc) is 2.04. The number of aromatic carboxylic acids is 1. The van der Waals surface area contributed by atoms with Crippen LogP contribution in [0.15, 0.2) is 12.3 Å². The van der Waals surface area contributed by atoms with Gasteiger partial charge in [-0.3, -0.25) is 4.98 Å². The van der Waals surface area contributed by atoms with Crippen molar-refractivity contribution in [2.75, 3.05) is 0 Å². The second-order valence-corrected chi connectivity index (χ2v) is 3.08. The normalized spacial score (nSPS) is 9.83. The molecular formula is C7H5BrClNO2. The summed E-state index contributed by atoms with van der Waals surface area (Å²) in [4.78, 5) is 14.5. The van der Waals surface area contributed by atoms with Crippen LogP contribution in [0.5, 0.6) is 0 Å². The molecule has 5 heteroatoms. The minimum Gasteiger partial charge on any atom is -0.478 e. The van der Waals surface area contributed by atoms with Crippen LogP contribution in [-0.4, -0.2) is 16.1 Å². The Morgan fingerprint density at radius 3 is 2.92 bits per heavy atom. The predicted octanol–water partition coefficient (Wildman–Crippen LogP) is 2.33. The lowest BCUT2D eigenvalue weighted by Crippen LogP contribution is -2.02. The smallest absolute Gasteiger partial charge is 0.337 e. The summed E-state index contributed by atoms with van der Waals surface area (Å²) in [6, 6.07) is 1.38. The van der Waals surface area contributed by atoms with Crippen LogP contribution in [0.3, 0.4) is 0 Å². The van der Waals surface area contributed by atoms with Gasteiger partial charge in [-0.05, 0) is 6.07 Å². The molecule has 3 nitrogen and oxygen atoms in total. The molecule has 64 valence electrons. The molecule has 0 unspecified atom stereocenters. The van der Waals surface area contributed by atoms with Crippen LogP contribution in [0.1, 0.15) is 16.1 Å². The maximum atomic E-state index is 10.6. The van der Waals surface area contributed by atoms with Crippen LogP contribution < -0.4 is 0 Å². The van der Waals surface area contributed by atoms with Crippen molar-refractivity contribution >= 4 is 33.5 Å². The largest absolute Gasteiger partial charge is 0.478 e. The van der Waals surface area contributed by atoms with Gasteiger partial charge in [-0.2, -0.15) is 0 Å². The molecule has 0 fully saturated rings. The summed E-state index contributed by atoms with van der Waals surface area (Å²) in [5.74, 6) is -1.01. The van der Waals surface area contributed by atoms with E-state index in [1.54, 1.807) is 0 Å². The van der Waals surface area contributed by atoms with Gasteiger partial charge in [0.05, 0.1) is 16.3 Å². The summed E-state index contributed by atoms with van der Waals surface area (Å²) in [6.07, 6.45) is 1.42. The fourth-order valence-electron chi connectivity index (χ4n) is 0.759. The van der Waals surface area contributed by atoms with E-state index >= 15 is 0 Å². The van der Waals surface area contributed by atoms with Gasteiger partial charge < -0.3 is 5.11 Å². The molecule has 0 atom stereocenters. The maximum absolute atomic E-state index is 10.6. The number of alkyl halides is 1. The molecule has 0 spiro atoms. The molecule has 0 bridgehead atoms. The topological polar surface area (TPSA) is 50.2 Å². The Morgan fingerprint density at radius 1 is 1.75 bits per heavy atom. The zero-order chi connectivity index (χ0) is 9.14. The summed E-state index contributed by atoms with van der Waals surface area (Å²) >= 11 is 8.71. The number of hydrogen-bond acceptors (Lipinski definition) is 2. The van der Waals surface area contributed by atoms with Crippen LogP contribution in [-0.2, 0) is 5.33 Å². The highest BCUT2D eigenvalue weighted by Crippen LogP contribution is 2.15. The SMILES string of the molecule is O=C(O)c1cc(Cl)cnc1CBr. The molecule has 12 heavy (non-hydrogen) atoms. The standard InChI is InChI=1S/C7H5BrClNO2/c8-2-6-5(7(11)12)1-4(9)3-10-6/h1,3H,2H2,(H,11,12). The van der Waals surface area contributed by atoms with Gasteiger partial charge in [0.2, 0.25) is 0 Å². The van der Waals surface area contributed by atoms with Gasteiger partial charge in [0.1, 0.15) is 0 Å². The second kappa shape index (κ2) is 3.87. The molecule has 1 aromatic rings. The summed E-state index contributed by atoms with van der Waals surface area (Å²) in [5, 5.41) is 9.44. The number of pyridine rings is 1. The summed E-state index contributed by atoms with van der Waals surface area (Å²) < 4.78 is 0. The molecule has 0 aliphatic heterocycles. The third-order valence-electron chi connectivity index (χ3n) is 1.29. The van der Waals surface area contributed by atoms with Crippen molar-refractivity contribution in [3.63, 3.8) is 0 Å². The van der Waals surface area contributed by atoms with Gasteiger partial charge in [-0.25, -0.2) is 4.79 Å². The Kier molecular flexibility index (Phi) is 3.05. The quantitative estimate of drug-likeness (QED) is 0.820. The highest BCUT2D eigenvalue weighted by Gasteiger charge is 2.10. The molecular weight excluding hydrogens is 245 g/mol. The second-order valence-electron chi connectivity index (χ2n) is 2.09. The van der Waals surface area contributed by atoms with Gasteiger partial charge in [0.15, 0.2) is 0 Å². The lowest BCUT2D eigenvalue weighted by molar-refractivity contribution is 0.0695. The van der Waals surface area contributed by atoms with Gasteiger partial charge in [-0.1, -0.05) is 27.5 Å². The number of nitrogens with zero attached hydrogens (tertiary/aromatic N) is 1. The summed E-state index contributed by atoms with van der Waals surface area (Å²) in [6.45, 7) is 0. The highest BCUT2D eigenvalue weighted by atomic mass is 79.9. The predicted molar refractivity (Wildman–Crippen MR) is 48.8 cm³/mol. The number of aromatic nitrogens is 1. The number of rotatable bonds is 2. The van der Waals surface area contributed by atoms with Crippen LogP contribution in [0.25, 0.3) is 0 Å². The Hall–Kier alpha value is -0.610. The number of halogens is 2. The third-order valence-corrected chi connectivity index (χ3v) is 2.03. The van der Waals surface area contributed by atoms with Gasteiger partial charge in [0, 0.05) is 11.5 Å². The molecule has 0 radical (unpaired) electrons. The first kappa shape index (κ1) is 9.48. The molecule has 0 saturated heterocycles. The molecule has 0 aromatic carbocycles. The van der Waals surface area contributed by atoms with E-state index in [1.165, 1.54) is 12.3 Å². The molecule has 1 heterocycles. The number of carbonyl (C=O) groups is 1. The summed E-state index contributed by atoms with van der Waals surface area (Å²) in [5.41, 5.74) is 0.617. The summed E-state index contributed by atoms with van der Waals surface area (Å²) in [7, 11) is 0. The fourth-order valence-corrected chi connectivity index (χ4v) is 1.36. The van der Waals surface area contributed by atoms with E-state index in [1.807, 2.05) is 0 Å². The monoisotopic (exact) mass is 249 g/mol. The number of carboxylic acid groups (broad SMARTS) is 1. The lowest BCUT2D eigenvalue weighted by atomic mass is 10.2. The number of hydrogen-bond donors (Lipinski definition) is 1. The zero-order valence-electron chi connectivity index (χ0n) is 5.92. The molecule has 0 saturated carbocycles. The van der Waals surface area contributed by atoms with E-state index in [2.05, 4.69) is 20.9 Å². The van der Waals surface area contributed by atoms with E-state index in [9.17, 15) is 4.79 Å². The van der Waals surface area contributed by atoms with E-state index in [0.29, 0.717) is 16.0 Å². The van der Waals surface area contributed by atoms with E-state index in [4.69, 9.17) is 16.7 Å². The minimum atomic E-state index is -1.01. The first-order chi connectivity index (χ1) is 5.65. The average molecular weight is 250 g/mol. The lowest BCUT2D eigenvalue weighted by Gasteiger charge is -2.00. The van der Waals surface area contributed by atoms with Crippen LogP contribution in [0, 0.1) is 0 Å². The van der Waals surface area contributed by atoms with E-state index in [0.717, 1.165) is 0 Å². The Morgan fingerprint density at radius 2 is 2.42 bits per heavy atom. The van der Waals surface area contributed by atoms with Crippen molar-refractivity contribution in [1.29, 1.82) is 0 Å². The van der Waals surface area contributed by atoms with Crippen molar-refractivity contribution in [2.45, 2.75) is 5.33 Å². The molecule has 1 rings (SSSR count). The van der Waals surface area contributed by atoms with Gasteiger partial charge >= 0.3 is 5.97 Å². The van der Waals surface area contributed by atoms with Crippen molar-refractivity contribution in [1.82, 2.24) is 4.98 Å². The van der Waals surface area contributed by atoms with Crippen LogP contribution in [0.2, 0.25) is 5.02 Å². The minimum absolute atomic E-state index is 0.138. The van der Waals surface area contributed by atoms with Crippen molar-refractivity contribution < 1.29 is 9.90 Å². The fraction of sp³-hybridized carbons (Fsp3) is 0.143. The first-order valence-corrected chi connectivity index (χ1v) is 4.58. The molecule has 0 amide bonds. The molecule has 1 N–H and O–H groups in total. The third kappa shape index (κ3) is 1.95. The van der Waals surface area contributed by atoms with Crippen LogP contribution in [0.4, 0.5) is 0 Å².